The van der Waals surface area contributed by atoms with Gasteiger partial charge in [-0.2, -0.15) is 0 Å². The summed E-state index contributed by atoms with van der Waals surface area (Å²) in [7, 11) is 0. The van der Waals surface area contributed by atoms with Crippen LogP contribution in [0.4, 0.5) is 0 Å². The minimum atomic E-state index is 0.881. The number of hydrogen-bond donors (Lipinski definition) is 0. The molecule has 4 heterocycles. The molecule has 0 radical (unpaired) electrons. The molecule has 0 saturated carbocycles. The van der Waals surface area contributed by atoms with Crippen LogP contribution in [-0.4, -0.2) is 19.4 Å². The molecular weight excluding hydrogens is 428 g/mol. The number of hydrogen-bond acceptors (Lipinski definition) is 3. The fraction of sp³-hybridized carbons (Fsp3) is 0.0645. The first kappa shape index (κ1) is 17.8. The summed E-state index contributed by atoms with van der Waals surface area (Å²) in [6.07, 6.45) is 5.66. The fourth-order valence-electron chi connectivity index (χ4n) is 6.54. The van der Waals surface area contributed by atoms with Gasteiger partial charge in [0.1, 0.15) is 11.2 Å². The maximum absolute atomic E-state index is 5.11. The number of fused-ring (bicyclic) bond motifs is 16. The second kappa shape index (κ2) is 6.10. The van der Waals surface area contributed by atoms with Crippen LogP contribution in [0.15, 0.2) is 85.2 Å². The third-order valence-corrected chi connectivity index (χ3v) is 7.98. The van der Waals surface area contributed by atoms with E-state index in [1.807, 2.05) is 30.6 Å². The van der Waals surface area contributed by atoms with Crippen LogP contribution in [0.2, 0.25) is 0 Å². The molecule has 0 bridgehead atoms. The van der Waals surface area contributed by atoms with Gasteiger partial charge in [0.15, 0.2) is 5.65 Å². The monoisotopic (exact) mass is 446 g/mol. The molecule has 0 unspecified atom stereocenters. The molecule has 0 N–H and O–H groups in total. The third kappa shape index (κ3) is 2.11. The highest BCUT2D eigenvalue weighted by molar-refractivity contribution is 6.15. The lowest BCUT2D eigenvalue weighted by Crippen LogP contribution is -1.97. The second-order valence-corrected chi connectivity index (χ2v) is 9.63. The van der Waals surface area contributed by atoms with E-state index in [1.54, 1.807) is 0 Å². The van der Waals surface area contributed by atoms with Crippen molar-refractivity contribution in [3.63, 3.8) is 0 Å². The largest absolute Gasteiger partial charge is 0.274 e. The zero-order chi connectivity index (χ0) is 22.7. The van der Waals surface area contributed by atoms with Gasteiger partial charge < -0.3 is 0 Å². The molecule has 0 saturated heterocycles. The van der Waals surface area contributed by atoms with Gasteiger partial charge in [-0.1, -0.05) is 48.5 Å². The Labute approximate surface area is 200 Å². The summed E-state index contributed by atoms with van der Waals surface area (Å²) < 4.78 is 2.20. The Morgan fingerprint density at radius 1 is 0.600 bits per heavy atom. The molecular formula is C31H18N4. The maximum atomic E-state index is 5.11. The number of imidazole rings is 1. The van der Waals surface area contributed by atoms with Crippen molar-refractivity contribution >= 4 is 38.6 Å². The van der Waals surface area contributed by atoms with Crippen LogP contribution in [0.3, 0.4) is 0 Å². The molecule has 35 heavy (non-hydrogen) atoms. The molecule has 3 aromatic carbocycles. The zero-order valence-corrected chi connectivity index (χ0v) is 18.8. The van der Waals surface area contributed by atoms with Crippen molar-refractivity contribution in [1.29, 1.82) is 0 Å². The highest BCUT2D eigenvalue weighted by atomic mass is 15.1. The number of rotatable bonds is 0. The predicted octanol–water partition coefficient (Wildman–Crippen LogP) is 6.73. The summed E-state index contributed by atoms with van der Waals surface area (Å²) in [6.45, 7) is 0. The summed E-state index contributed by atoms with van der Waals surface area (Å²) in [4.78, 5) is 14.6. The number of benzene rings is 3. The molecule has 9 rings (SSSR count). The van der Waals surface area contributed by atoms with Crippen molar-refractivity contribution in [3.05, 3.63) is 107 Å². The normalized spacial score (nSPS) is 13.5. The summed E-state index contributed by atoms with van der Waals surface area (Å²) >= 11 is 0. The van der Waals surface area contributed by atoms with Gasteiger partial charge in [0.2, 0.25) is 0 Å². The first-order valence-corrected chi connectivity index (χ1v) is 12.1. The van der Waals surface area contributed by atoms with Crippen molar-refractivity contribution in [2.75, 3.05) is 0 Å². The molecule has 7 aromatic rings. The summed E-state index contributed by atoms with van der Waals surface area (Å²) in [6, 6.07) is 26.1. The minimum absolute atomic E-state index is 0.881. The number of nitrogens with zero attached hydrogens (tertiary/aromatic N) is 4. The van der Waals surface area contributed by atoms with Gasteiger partial charge in [0.05, 0.1) is 11.0 Å². The van der Waals surface area contributed by atoms with Crippen molar-refractivity contribution in [2.45, 2.75) is 12.8 Å². The Balaban J connectivity index is 1.41. The van der Waals surface area contributed by atoms with E-state index < -0.39 is 0 Å². The first-order chi connectivity index (χ1) is 17.4. The fourth-order valence-corrected chi connectivity index (χ4v) is 6.54. The highest BCUT2D eigenvalue weighted by Gasteiger charge is 2.30. The van der Waals surface area contributed by atoms with Gasteiger partial charge in [-0.3, -0.25) is 9.38 Å². The molecule has 0 amide bonds. The van der Waals surface area contributed by atoms with Gasteiger partial charge in [-0.15, -0.1) is 0 Å². The molecule has 0 atom stereocenters. The van der Waals surface area contributed by atoms with Crippen molar-refractivity contribution in [2.24, 2.45) is 0 Å². The lowest BCUT2D eigenvalue weighted by Gasteiger charge is -2.11. The van der Waals surface area contributed by atoms with Gasteiger partial charge in [0, 0.05) is 23.2 Å². The predicted molar refractivity (Wildman–Crippen MR) is 140 cm³/mol. The highest BCUT2D eigenvalue weighted by Crippen LogP contribution is 2.49. The molecule has 162 valence electrons. The average molecular weight is 447 g/mol. The van der Waals surface area contributed by atoms with E-state index in [-0.39, 0.29) is 0 Å². The van der Waals surface area contributed by atoms with E-state index in [1.165, 1.54) is 49.9 Å². The van der Waals surface area contributed by atoms with Crippen LogP contribution in [0.5, 0.6) is 0 Å². The van der Waals surface area contributed by atoms with Crippen LogP contribution in [0.25, 0.3) is 60.9 Å². The van der Waals surface area contributed by atoms with Crippen LogP contribution >= 0.6 is 0 Å². The molecule has 0 aliphatic heterocycles. The maximum Gasteiger partial charge on any atom is 0.165 e. The lowest BCUT2D eigenvalue weighted by atomic mass is 9.96. The first-order valence-electron chi connectivity index (χ1n) is 12.1. The summed E-state index contributed by atoms with van der Waals surface area (Å²) in [5.74, 6) is 0. The third-order valence-electron chi connectivity index (χ3n) is 7.98. The van der Waals surface area contributed by atoms with Crippen molar-refractivity contribution < 1.29 is 0 Å². The van der Waals surface area contributed by atoms with E-state index in [4.69, 9.17) is 15.0 Å². The quantitative estimate of drug-likeness (QED) is 0.243. The Bertz CT molecular complexity index is 2070. The lowest BCUT2D eigenvalue weighted by molar-refractivity contribution is 1.17. The Morgan fingerprint density at radius 3 is 2.34 bits per heavy atom. The SMILES string of the molecule is c1ccc2c(c1)Cc1c-2ccc2c1Cc1c-2ccc2c3ncccc3n3c4ncccc4nc3c12. The topological polar surface area (TPSA) is 43.1 Å². The van der Waals surface area contributed by atoms with Gasteiger partial charge in [-0.05, 0) is 81.6 Å². The molecule has 0 fully saturated rings. The van der Waals surface area contributed by atoms with Gasteiger partial charge in [0.25, 0.3) is 0 Å². The Hall–Kier alpha value is -4.57. The van der Waals surface area contributed by atoms with E-state index in [9.17, 15) is 0 Å². The number of aromatic nitrogens is 4. The average Bonchev–Trinajstić information content (AvgIpc) is 3.59. The zero-order valence-electron chi connectivity index (χ0n) is 18.8. The number of pyridine rings is 3. The van der Waals surface area contributed by atoms with Crippen LogP contribution < -0.4 is 0 Å². The molecule has 4 nitrogen and oxygen atoms in total. The van der Waals surface area contributed by atoms with E-state index in [0.29, 0.717) is 0 Å². The van der Waals surface area contributed by atoms with E-state index in [0.717, 1.165) is 46.1 Å². The second-order valence-electron chi connectivity index (χ2n) is 9.63. The van der Waals surface area contributed by atoms with E-state index in [2.05, 4.69) is 59.0 Å². The molecule has 2 aliphatic carbocycles. The van der Waals surface area contributed by atoms with Crippen LogP contribution in [0.1, 0.15) is 22.3 Å². The molecule has 4 aromatic heterocycles. The van der Waals surface area contributed by atoms with Crippen LogP contribution in [0, 0.1) is 0 Å². The molecule has 2 aliphatic rings. The summed E-state index contributed by atoms with van der Waals surface area (Å²) in [5, 5.41) is 2.36. The standard InChI is InChI=1S/C31H18N4/c1-2-6-18-17(5-1)15-23-19(18)9-10-20-21-11-12-22-28(25(21)16-24(20)23)31-34-26-7-3-14-33-30(26)35(31)27-8-4-13-32-29(22)27/h1-14H,15-16H2. The molecule has 4 heteroatoms. The minimum Gasteiger partial charge on any atom is -0.274 e. The Morgan fingerprint density at radius 2 is 1.37 bits per heavy atom. The Kier molecular flexibility index (Phi) is 3.11. The summed E-state index contributed by atoms with van der Waals surface area (Å²) in [5.41, 5.74) is 16.0. The molecule has 0 spiro atoms. The smallest absolute Gasteiger partial charge is 0.165 e. The van der Waals surface area contributed by atoms with Gasteiger partial charge >= 0.3 is 0 Å². The van der Waals surface area contributed by atoms with Crippen LogP contribution in [-0.2, 0) is 12.8 Å². The van der Waals surface area contributed by atoms with Crippen molar-refractivity contribution in [3.8, 4) is 22.3 Å². The van der Waals surface area contributed by atoms with E-state index >= 15 is 0 Å². The van der Waals surface area contributed by atoms with Gasteiger partial charge in [-0.25, -0.2) is 9.97 Å². The van der Waals surface area contributed by atoms with Crippen molar-refractivity contribution in [1.82, 2.24) is 19.4 Å².